The lowest BCUT2D eigenvalue weighted by Gasteiger charge is -2.44. The molecule has 0 heterocycles. The number of methoxy groups -OCH3 is 2. The summed E-state index contributed by atoms with van der Waals surface area (Å²) >= 11 is 0. The number of ether oxygens (including phenoxy) is 2. The Labute approximate surface area is 188 Å². The van der Waals surface area contributed by atoms with Crippen LogP contribution in [-0.4, -0.2) is 70.0 Å². The maximum Gasteiger partial charge on any atom is 0.336 e. The molecular weight excluding hydrogens is 416 g/mol. The van der Waals surface area contributed by atoms with Gasteiger partial charge in [0.1, 0.15) is 11.2 Å². The quantitative estimate of drug-likeness (QED) is 0.464. The molecule has 4 rings (SSSR count). The Morgan fingerprint density at radius 1 is 0.781 bits per heavy atom. The number of hydrogen-bond donors (Lipinski definition) is 4. The van der Waals surface area contributed by atoms with E-state index in [0.717, 1.165) is 0 Å². The van der Waals surface area contributed by atoms with Crippen molar-refractivity contribution in [3.8, 4) is 0 Å². The average Bonchev–Trinajstić information content (AvgIpc) is 3.17. The fraction of sp³-hybridized carbons (Fsp3) is 0.750. The minimum atomic E-state index is -1.22. The molecule has 2 saturated carbocycles. The van der Waals surface area contributed by atoms with Gasteiger partial charge in [-0.15, -0.1) is 0 Å². The van der Waals surface area contributed by atoms with E-state index in [1.54, 1.807) is 12.2 Å². The molecule has 0 unspecified atom stereocenters. The third kappa shape index (κ3) is 3.43. The zero-order valence-electron chi connectivity index (χ0n) is 19.4. The van der Waals surface area contributed by atoms with Gasteiger partial charge in [0.15, 0.2) is 0 Å². The SMILES string of the molecule is COC(=O)C1=CCC[C@]2(C)[C@@H](O)CC[C@]12O.COC(=O)C1=CCC[C@]2(C)[C@H](O)CC[C@]12O. The summed E-state index contributed by atoms with van der Waals surface area (Å²) in [7, 11) is 2.62. The number of carbonyl (C=O) groups excluding carboxylic acids is 2. The van der Waals surface area contributed by atoms with Gasteiger partial charge < -0.3 is 29.9 Å². The molecule has 4 aliphatic carbocycles. The third-order valence-corrected chi connectivity index (χ3v) is 8.65. The maximum absolute atomic E-state index is 11.6. The maximum atomic E-state index is 11.6. The Morgan fingerprint density at radius 2 is 1.12 bits per heavy atom. The Morgan fingerprint density at radius 3 is 1.44 bits per heavy atom. The van der Waals surface area contributed by atoms with Crippen molar-refractivity contribution in [3.63, 3.8) is 0 Å². The number of rotatable bonds is 2. The summed E-state index contributed by atoms with van der Waals surface area (Å²) in [4.78, 5) is 23.3. The first kappa shape index (κ1) is 24.9. The summed E-state index contributed by atoms with van der Waals surface area (Å²) in [6, 6.07) is 0. The number of fused-ring (bicyclic) bond motifs is 2. The van der Waals surface area contributed by atoms with Gasteiger partial charge in [-0.25, -0.2) is 9.59 Å². The van der Waals surface area contributed by atoms with Crippen LogP contribution in [0.4, 0.5) is 0 Å². The molecule has 0 spiro atoms. The molecule has 0 aromatic carbocycles. The Balaban J connectivity index is 0.000000181. The molecule has 0 aliphatic heterocycles. The van der Waals surface area contributed by atoms with Crippen LogP contribution in [0.3, 0.4) is 0 Å². The number of aliphatic hydroxyl groups excluding tert-OH is 2. The van der Waals surface area contributed by atoms with Gasteiger partial charge in [0.2, 0.25) is 0 Å². The molecule has 0 aromatic rings. The first-order chi connectivity index (χ1) is 14.9. The summed E-state index contributed by atoms with van der Waals surface area (Å²) < 4.78 is 9.39. The van der Waals surface area contributed by atoms with Crippen molar-refractivity contribution in [3.05, 3.63) is 23.3 Å². The van der Waals surface area contributed by atoms with Crippen molar-refractivity contribution in [2.45, 2.75) is 88.6 Å². The van der Waals surface area contributed by atoms with Gasteiger partial charge in [-0.2, -0.15) is 0 Å². The van der Waals surface area contributed by atoms with E-state index >= 15 is 0 Å². The second kappa shape index (κ2) is 8.56. The summed E-state index contributed by atoms with van der Waals surface area (Å²) in [5.41, 5.74) is -3.05. The van der Waals surface area contributed by atoms with Gasteiger partial charge in [-0.1, -0.05) is 26.0 Å². The van der Waals surface area contributed by atoms with E-state index in [4.69, 9.17) is 9.47 Å². The highest BCUT2D eigenvalue weighted by atomic mass is 16.5. The number of esters is 2. The van der Waals surface area contributed by atoms with Crippen LogP contribution in [0.1, 0.15) is 65.2 Å². The molecule has 0 radical (unpaired) electrons. The first-order valence-electron chi connectivity index (χ1n) is 11.3. The average molecular weight is 453 g/mol. The predicted molar refractivity (Wildman–Crippen MR) is 115 cm³/mol. The van der Waals surface area contributed by atoms with Gasteiger partial charge in [0.25, 0.3) is 0 Å². The molecule has 6 atom stereocenters. The molecule has 0 amide bonds. The van der Waals surface area contributed by atoms with E-state index in [9.17, 15) is 30.0 Å². The minimum absolute atomic E-state index is 0.320. The number of allylic oxidation sites excluding steroid dienone is 2. The molecule has 4 N–H and O–H groups in total. The van der Waals surface area contributed by atoms with Crippen molar-refractivity contribution >= 4 is 11.9 Å². The standard InChI is InChI=1S/2C12H18O4/c2*1-11-6-3-4-8(10(14)16-2)12(11,15)7-5-9(11)13/h2*4,9,13,15H,3,5-7H2,1-2H3/t9-,11+,12-;9-,11-,12+/m01/s1. The van der Waals surface area contributed by atoms with Crippen LogP contribution in [-0.2, 0) is 19.1 Å². The Hall–Kier alpha value is -1.74. The van der Waals surface area contributed by atoms with Crippen molar-refractivity contribution < 1.29 is 39.5 Å². The van der Waals surface area contributed by atoms with Crippen LogP contribution in [0.5, 0.6) is 0 Å². The summed E-state index contributed by atoms with van der Waals surface area (Å²) in [5.74, 6) is -0.968. The highest BCUT2D eigenvalue weighted by molar-refractivity contribution is 5.92. The first-order valence-corrected chi connectivity index (χ1v) is 11.3. The van der Waals surface area contributed by atoms with E-state index in [0.29, 0.717) is 62.5 Å². The van der Waals surface area contributed by atoms with E-state index in [2.05, 4.69) is 0 Å². The number of carbonyl (C=O) groups is 2. The van der Waals surface area contributed by atoms with Crippen LogP contribution >= 0.6 is 0 Å². The van der Waals surface area contributed by atoms with Crippen LogP contribution in [0.25, 0.3) is 0 Å². The minimum Gasteiger partial charge on any atom is -0.466 e. The largest absolute Gasteiger partial charge is 0.466 e. The van der Waals surface area contributed by atoms with Gasteiger partial charge in [0, 0.05) is 10.8 Å². The number of hydrogen-bond acceptors (Lipinski definition) is 8. The molecule has 2 fully saturated rings. The fourth-order valence-corrected chi connectivity index (χ4v) is 6.18. The zero-order valence-corrected chi connectivity index (χ0v) is 19.4. The van der Waals surface area contributed by atoms with E-state index in [-0.39, 0.29) is 0 Å². The van der Waals surface area contributed by atoms with E-state index in [1.165, 1.54) is 14.2 Å². The van der Waals surface area contributed by atoms with Gasteiger partial charge in [-0.3, -0.25) is 0 Å². The van der Waals surface area contributed by atoms with Crippen molar-refractivity contribution in [2.24, 2.45) is 10.8 Å². The van der Waals surface area contributed by atoms with Gasteiger partial charge in [-0.05, 0) is 51.4 Å². The Bertz CT molecular complexity index is 766. The highest BCUT2D eigenvalue weighted by Gasteiger charge is 2.61. The second-order valence-electron chi connectivity index (χ2n) is 9.96. The molecule has 180 valence electrons. The molecular formula is C24H36O8. The topological polar surface area (TPSA) is 134 Å². The van der Waals surface area contributed by atoms with E-state index < -0.39 is 46.2 Å². The molecule has 8 heteroatoms. The predicted octanol–water partition coefficient (Wildman–Crippen LogP) is 1.54. The monoisotopic (exact) mass is 452 g/mol. The molecule has 8 nitrogen and oxygen atoms in total. The van der Waals surface area contributed by atoms with Crippen molar-refractivity contribution in [2.75, 3.05) is 14.2 Å². The molecule has 0 aromatic heterocycles. The summed E-state index contributed by atoms with van der Waals surface area (Å²) in [5, 5.41) is 41.3. The van der Waals surface area contributed by atoms with Gasteiger partial charge in [0.05, 0.1) is 37.6 Å². The van der Waals surface area contributed by atoms with Crippen LogP contribution in [0.15, 0.2) is 23.3 Å². The lowest BCUT2D eigenvalue weighted by Crippen LogP contribution is -2.51. The van der Waals surface area contributed by atoms with Crippen molar-refractivity contribution in [1.29, 1.82) is 0 Å². The third-order valence-electron chi connectivity index (χ3n) is 8.65. The normalized spacial score (nSPS) is 42.5. The molecule has 0 bridgehead atoms. The fourth-order valence-electron chi connectivity index (χ4n) is 6.18. The van der Waals surface area contributed by atoms with Crippen LogP contribution < -0.4 is 0 Å². The Kier molecular flexibility index (Phi) is 6.66. The molecule has 32 heavy (non-hydrogen) atoms. The van der Waals surface area contributed by atoms with Crippen LogP contribution in [0, 0.1) is 10.8 Å². The molecule has 0 saturated heterocycles. The van der Waals surface area contributed by atoms with Crippen LogP contribution in [0.2, 0.25) is 0 Å². The summed E-state index contributed by atoms with van der Waals surface area (Å²) in [6.45, 7) is 3.70. The molecule has 4 aliphatic rings. The summed E-state index contributed by atoms with van der Waals surface area (Å²) in [6.07, 6.45) is 7.07. The smallest absolute Gasteiger partial charge is 0.336 e. The highest BCUT2D eigenvalue weighted by Crippen LogP contribution is 2.56. The van der Waals surface area contributed by atoms with Crippen molar-refractivity contribution in [1.82, 2.24) is 0 Å². The van der Waals surface area contributed by atoms with Gasteiger partial charge >= 0.3 is 11.9 Å². The lowest BCUT2D eigenvalue weighted by molar-refractivity contribution is -0.144. The lowest BCUT2D eigenvalue weighted by atomic mass is 9.65. The number of aliphatic hydroxyl groups is 4. The second-order valence-corrected chi connectivity index (χ2v) is 9.96. The van der Waals surface area contributed by atoms with E-state index in [1.807, 2.05) is 13.8 Å². The zero-order chi connectivity index (χ0) is 23.9.